The molecule has 174 valence electrons. The smallest absolute Gasteiger partial charge is 0.345 e. The van der Waals surface area contributed by atoms with E-state index in [1.807, 2.05) is 13.0 Å². The molecule has 8 nitrogen and oxygen atoms in total. The molecule has 0 unspecified atom stereocenters. The number of aryl methyl sites for hydroxylation is 1. The molecule has 0 radical (unpaired) electrons. The third-order valence-electron chi connectivity index (χ3n) is 4.40. The third kappa shape index (κ3) is 6.57. The molecule has 0 fully saturated rings. The number of hydrazone groups is 1. The van der Waals surface area contributed by atoms with Gasteiger partial charge in [0.25, 0.3) is 0 Å². The summed E-state index contributed by atoms with van der Waals surface area (Å²) in [5.41, 5.74) is 4.25. The highest BCUT2D eigenvalue weighted by Crippen LogP contribution is 2.30. The van der Waals surface area contributed by atoms with Crippen LogP contribution in [0.1, 0.15) is 21.5 Å². The predicted molar refractivity (Wildman–Crippen MR) is 130 cm³/mol. The van der Waals surface area contributed by atoms with Gasteiger partial charge in [-0.05, 0) is 66.6 Å². The number of hydrogen-bond donors (Lipinski definition) is 2. The van der Waals surface area contributed by atoms with Gasteiger partial charge in [-0.15, -0.1) is 0 Å². The molecule has 0 heterocycles. The minimum atomic E-state index is -0.935. The Balaban J connectivity index is 1.62. The average Bonchev–Trinajstić information content (AvgIpc) is 2.79. The molecular weight excluding hydrogens is 481 g/mol. The molecule has 3 aromatic rings. The fourth-order valence-corrected chi connectivity index (χ4v) is 3.27. The van der Waals surface area contributed by atoms with Crippen molar-refractivity contribution < 1.29 is 23.9 Å². The number of nitrogens with zero attached hydrogens (tertiary/aromatic N) is 1. The summed E-state index contributed by atoms with van der Waals surface area (Å²) in [4.78, 5) is 36.4. The number of halogens is 2. The molecule has 34 heavy (non-hydrogen) atoms. The quantitative estimate of drug-likeness (QED) is 0.169. The first-order valence-electron chi connectivity index (χ1n) is 9.83. The highest BCUT2D eigenvalue weighted by Gasteiger charge is 2.16. The Kier molecular flexibility index (Phi) is 8.24. The number of ether oxygens (including phenoxy) is 2. The molecule has 0 saturated heterocycles. The Hall–Kier alpha value is -3.88. The standard InChI is InChI=1S/C24H19Cl2N3O5/c1-14-4-3-5-17(10-14)28-22(30)23(31)29-27-13-15-6-9-20(21(11-15)33-2)34-24(32)18-8-7-16(25)12-19(18)26/h3-13H,1-2H3,(H,28,30)(H,29,31)/b27-13+. The van der Waals surface area contributed by atoms with Gasteiger partial charge in [-0.1, -0.05) is 35.3 Å². The van der Waals surface area contributed by atoms with E-state index in [4.69, 9.17) is 32.7 Å². The zero-order valence-electron chi connectivity index (χ0n) is 18.1. The number of methoxy groups -OCH3 is 1. The maximum Gasteiger partial charge on any atom is 0.345 e. The largest absolute Gasteiger partial charge is 0.493 e. The summed E-state index contributed by atoms with van der Waals surface area (Å²) in [7, 11) is 1.40. The van der Waals surface area contributed by atoms with E-state index < -0.39 is 17.8 Å². The van der Waals surface area contributed by atoms with Crippen LogP contribution in [0.15, 0.2) is 65.8 Å². The molecule has 0 aromatic heterocycles. The molecule has 0 spiro atoms. The second-order valence-electron chi connectivity index (χ2n) is 6.95. The molecule has 0 aliphatic rings. The van der Waals surface area contributed by atoms with Crippen molar-refractivity contribution in [3.8, 4) is 11.5 Å². The number of carbonyl (C=O) groups excluding carboxylic acids is 3. The molecule has 10 heteroatoms. The monoisotopic (exact) mass is 499 g/mol. The number of rotatable bonds is 6. The van der Waals surface area contributed by atoms with E-state index in [9.17, 15) is 14.4 Å². The van der Waals surface area contributed by atoms with Crippen molar-refractivity contribution >= 4 is 52.9 Å². The van der Waals surface area contributed by atoms with Crippen LogP contribution in [0.5, 0.6) is 11.5 Å². The molecule has 0 atom stereocenters. The lowest BCUT2D eigenvalue weighted by molar-refractivity contribution is -0.136. The van der Waals surface area contributed by atoms with E-state index in [1.165, 1.54) is 43.7 Å². The van der Waals surface area contributed by atoms with Crippen molar-refractivity contribution in [3.63, 3.8) is 0 Å². The summed E-state index contributed by atoms with van der Waals surface area (Å²) in [6.07, 6.45) is 1.31. The van der Waals surface area contributed by atoms with Gasteiger partial charge in [0.2, 0.25) is 0 Å². The predicted octanol–water partition coefficient (Wildman–Crippen LogP) is 4.62. The fourth-order valence-electron chi connectivity index (χ4n) is 2.79. The van der Waals surface area contributed by atoms with Gasteiger partial charge in [0, 0.05) is 10.7 Å². The lowest BCUT2D eigenvalue weighted by atomic mass is 10.2. The molecule has 2 amide bonds. The molecule has 0 bridgehead atoms. The molecule has 2 N–H and O–H groups in total. The number of amides is 2. The lowest BCUT2D eigenvalue weighted by Crippen LogP contribution is -2.32. The van der Waals surface area contributed by atoms with Crippen LogP contribution in [0.3, 0.4) is 0 Å². The van der Waals surface area contributed by atoms with E-state index >= 15 is 0 Å². The number of nitrogens with one attached hydrogen (secondary N) is 2. The maximum atomic E-state index is 12.4. The Labute approximate surface area is 205 Å². The average molecular weight is 500 g/mol. The van der Waals surface area contributed by atoms with Gasteiger partial charge in [-0.2, -0.15) is 5.10 Å². The minimum Gasteiger partial charge on any atom is -0.493 e. The zero-order valence-corrected chi connectivity index (χ0v) is 19.6. The first-order valence-corrected chi connectivity index (χ1v) is 10.6. The van der Waals surface area contributed by atoms with Crippen LogP contribution in [0.2, 0.25) is 10.0 Å². The number of carbonyl (C=O) groups is 3. The van der Waals surface area contributed by atoms with Gasteiger partial charge in [-0.25, -0.2) is 10.2 Å². The number of hydrogen-bond acceptors (Lipinski definition) is 6. The normalized spacial score (nSPS) is 10.6. The summed E-state index contributed by atoms with van der Waals surface area (Å²) in [6.45, 7) is 1.87. The van der Waals surface area contributed by atoms with Crippen molar-refractivity contribution in [1.29, 1.82) is 0 Å². The Morgan fingerprint density at radius 1 is 0.941 bits per heavy atom. The molecule has 0 aliphatic heterocycles. The lowest BCUT2D eigenvalue weighted by Gasteiger charge is -2.10. The van der Waals surface area contributed by atoms with Crippen molar-refractivity contribution in [2.24, 2.45) is 5.10 Å². The second kappa shape index (κ2) is 11.3. The van der Waals surface area contributed by atoms with Crippen molar-refractivity contribution in [2.75, 3.05) is 12.4 Å². The van der Waals surface area contributed by atoms with Gasteiger partial charge in [0.05, 0.1) is 23.9 Å². The summed E-state index contributed by atoms with van der Waals surface area (Å²) in [5, 5.41) is 6.81. The number of anilines is 1. The molecule has 3 aromatic carbocycles. The second-order valence-corrected chi connectivity index (χ2v) is 7.79. The zero-order chi connectivity index (χ0) is 24.7. The van der Waals surface area contributed by atoms with Crippen LogP contribution in [0.25, 0.3) is 0 Å². The molecular formula is C24H19Cl2N3O5. The maximum absolute atomic E-state index is 12.4. The van der Waals surface area contributed by atoms with E-state index in [2.05, 4.69) is 15.8 Å². The van der Waals surface area contributed by atoms with E-state index in [0.717, 1.165) is 5.56 Å². The highest BCUT2D eigenvalue weighted by atomic mass is 35.5. The van der Waals surface area contributed by atoms with Gasteiger partial charge >= 0.3 is 17.8 Å². The van der Waals surface area contributed by atoms with Crippen LogP contribution in [0.4, 0.5) is 5.69 Å². The van der Waals surface area contributed by atoms with Crippen molar-refractivity contribution in [3.05, 3.63) is 87.4 Å². The van der Waals surface area contributed by atoms with Crippen LogP contribution >= 0.6 is 23.2 Å². The van der Waals surface area contributed by atoms with E-state index in [1.54, 1.807) is 24.3 Å². The first-order chi connectivity index (χ1) is 16.3. The van der Waals surface area contributed by atoms with Crippen LogP contribution in [-0.2, 0) is 9.59 Å². The SMILES string of the molecule is COc1cc(/C=N/NC(=O)C(=O)Nc2cccc(C)c2)ccc1OC(=O)c1ccc(Cl)cc1Cl. The summed E-state index contributed by atoms with van der Waals surface area (Å²) in [6, 6.07) is 16.1. The Morgan fingerprint density at radius 2 is 1.74 bits per heavy atom. The molecule has 0 saturated carbocycles. The number of benzene rings is 3. The topological polar surface area (TPSA) is 106 Å². The summed E-state index contributed by atoms with van der Waals surface area (Å²) in [5.74, 6) is -2.09. The van der Waals surface area contributed by atoms with Crippen LogP contribution in [0, 0.1) is 6.92 Å². The van der Waals surface area contributed by atoms with E-state index in [0.29, 0.717) is 16.3 Å². The minimum absolute atomic E-state index is 0.144. The summed E-state index contributed by atoms with van der Waals surface area (Å²) < 4.78 is 10.6. The van der Waals surface area contributed by atoms with Gasteiger partial charge in [-0.3, -0.25) is 9.59 Å². The molecule has 0 aliphatic carbocycles. The van der Waals surface area contributed by atoms with Crippen LogP contribution < -0.4 is 20.2 Å². The highest BCUT2D eigenvalue weighted by molar-refractivity contribution is 6.39. The fraction of sp³-hybridized carbons (Fsp3) is 0.0833. The molecule has 3 rings (SSSR count). The van der Waals surface area contributed by atoms with Crippen molar-refractivity contribution in [2.45, 2.75) is 6.92 Å². The van der Waals surface area contributed by atoms with Gasteiger partial charge in [0.1, 0.15) is 0 Å². The van der Waals surface area contributed by atoms with Gasteiger partial charge in [0.15, 0.2) is 11.5 Å². The van der Waals surface area contributed by atoms with Gasteiger partial charge < -0.3 is 14.8 Å². The Morgan fingerprint density at radius 3 is 2.44 bits per heavy atom. The first kappa shape index (κ1) is 24.8. The third-order valence-corrected chi connectivity index (χ3v) is 4.95. The summed E-state index contributed by atoms with van der Waals surface area (Å²) >= 11 is 11.9. The van der Waals surface area contributed by atoms with E-state index in [-0.39, 0.29) is 22.1 Å². The Bertz CT molecular complexity index is 1280. The van der Waals surface area contributed by atoms with Crippen LogP contribution in [-0.4, -0.2) is 31.1 Å². The number of esters is 1. The van der Waals surface area contributed by atoms with Crippen molar-refractivity contribution in [1.82, 2.24) is 5.43 Å².